The Hall–Kier alpha value is -0.870. The second-order valence-electron chi connectivity index (χ2n) is 3.90. The molecule has 16 heavy (non-hydrogen) atoms. The van der Waals surface area contributed by atoms with E-state index < -0.39 is 5.97 Å². The van der Waals surface area contributed by atoms with Crippen molar-refractivity contribution >= 4 is 35.0 Å². The minimum atomic E-state index is -0.764. The highest BCUT2D eigenvalue weighted by Gasteiger charge is 2.37. The molecule has 0 saturated heterocycles. The number of thioether (sulfide) groups is 1. The zero-order valence-corrected chi connectivity index (χ0v) is 10.1. The first-order valence-corrected chi connectivity index (χ1v) is 6.28. The number of nitrogen functional groups attached to an aromatic ring is 1. The first-order valence-electron chi connectivity index (χ1n) is 5.02. The smallest absolute Gasteiger partial charge is 0.317 e. The molecule has 1 unspecified atom stereocenters. The number of carboxylic acids is 1. The van der Waals surface area contributed by atoms with Crippen LogP contribution in [0.3, 0.4) is 0 Å². The number of carbonyl (C=O) groups is 1. The lowest BCUT2D eigenvalue weighted by Gasteiger charge is -2.12. The standard InChI is InChI=1S/C11H12ClNO2S/c12-8-5-7(13)3-4-9(8)16-10(11(14)15)6-1-2-6/h3-6,10H,1-2,13H2,(H,14,15). The van der Waals surface area contributed by atoms with Crippen LogP contribution < -0.4 is 5.73 Å². The molecule has 1 atom stereocenters. The Morgan fingerprint density at radius 1 is 1.56 bits per heavy atom. The number of benzene rings is 1. The van der Waals surface area contributed by atoms with Crippen molar-refractivity contribution in [2.24, 2.45) is 5.92 Å². The highest BCUT2D eigenvalue weighted by atomic mass is 35.5. The summed E-state index contributed by atoms with van der Waals surface area (Å²) < 4.78 is 0. The molecule has 0 aliphatic heterocycles. The van der Waals surface area contributed by atoms with Gasteiger partial charge in [0.1, 0.15) is 5.25 Å². The fourth-order valence-electron chi connectivity index (χ4n) is 1.50. The summed E-state index contributed by atoms with van der Waals surface area (Å²) in [6.45, 7) is 0. The fourth-order valence-corrected chi connectivity index (χ4v) is 2.98. The predicted octanol–water partition coefficient (Wildman–Crippen LogP) is 2.88. The number of hydrogen-bond donors (Lipinski definition) is 2. The summed E-state index contributed by atoms with van der Waals surface area (Å²) in [6.07, 6.45) is 1.99. The fraction of sp³-hybridized carbons (Fsp3) is 0.364. The molecule has 1 aromatic carbocycles. The van der Waals surface area contributed by atoms with Gasteiger partial charge >= 0.3 is 5.97 Å². The summed E-state index contributed by atoms with van der Waals surface area (Å²) in [5.74, 6) is -0.475. The Bertz CT molecular complexity index is 420. The Kier molecular flexibility index (Phi) is 3.30. The summed E-state index contributed by atoms with van der Waals surface area (Å²) in [5, 5.41) is 9.24. The first-order chi connectivity index (χ1) is 7.58. The van der Waals surface area contributed by atoms with Gasteiger partial charge in [-0.1, -0.05) is 11.6 Å². The van der Waals surface area contributed by atoms with Crippen molar-refractivity contribution in [2.75, 3.05) is 5.73 Å². The van der Waals surface area contributed by atoms with Crippen molar-refractivity contribution < 1.29 is 9.90 Å². The molecule has 1 aliphatic rings. The lowest BCUT2D eigenvalue weighted by Crippen LogP contribution is -2.18. The monoisotopic (exact) mass is 257 g/mol. The lowest BCUT2D eigenvalue weighted by molar-refractivity contribution is -0.136. The molecule has 1 aromatic rings. The molecule has 3 N–H and O–H groups in total. The zero-order valence-electron chi connectivity index (χ0n) is 8.52. The third-order valence-corrected chi connectivity index (χ3v) is 4.38. The molecule has 0 radical (unpaired) electrons. The maximum absolute atomic E-state index is 11.1. The molecule has 0 bridgehead atoms. The van der Waals surface area contributed by atoms with Crippen LogP contribution in [-0.4, -0.2) is 16.3 Å². The largest absolute Gasteiger partial charge is 0.480 e. The van der Waals surface area contributed by atoms with E-state index >= 15 is 0 Å². The number of hydrogen-bond acceptors (Lipinski definition) is 3. The Labute approximate surface area is 103 Å². The van der Waals surface area contributed by atoms with Crippen molar-refractivity contribution in [1.29, 1.82) is 0 Å². The van der Waals surface area contributed by atoms with Gasteiger partial charge in [-0.3, -0.25) is 4.79 Å². The van der Waals surface area contributed by atoms with Crippen LogP contribution in [-0.2, 0) is 4.79 Å². The molecule has 3 nitrogen and oxygen atoms in total. The van der Waals surface area contributed by atoms with Crippen LogP contribution in [0, 0.1) is 5.92 Å². The lowest BCUT2D eigenvalue weighted by atomic mass is 10.3. The zero-order chi connectivity index (χ0) is 11.7. The molecular weight excluding hydrogens is 246 g/mol. The molecule has 1 saturated carbocycles. The summed E-state index contributed by atoms with van der Waals surface area (Å²) >= 11 is 7.33. The predicted molar refractivity (Wildman–Crippen MR) is 65.9 cm³/mol. The van der Waals surface area contributed by atoms with Gasteiger partial charge in [-0.25, -0.2) is 0 Å². The molecule has 0 aromatic heterocycles. The van der Waals surface area contributed by atoms with Gasteiger partial charge < -0.3 is 10.8 Å². The van der Waals surface area contributed by atoms with Crippen molar-refractivity contribution in [3.63, 3.8) is 0 Å². The number of halogens is 1. The quantitative estimate of drug-likeness (QED) is 0.643. The molecule has 0 spiro atoms. The van der Waals surface area contributed by atoms with E-state index in [-0.39, 0.29) is 11.2 Å². The third kappa shape index (κ3) is 2.62. The van der Waals surface area contributed by atoms with E-state index in [1.807, 2.05) is 0 Å². The van der Waals surface area contributed by atoms with Gasteiger partial charge in [0.05, 0.1) is 5.02 Å². The van der Waals surface area contributed by atoms with Crippen molar-refractivity contribution in [3.8, 4) is 0 Å². The van der Waals surface area contributed by atoms with Crippen LogP contribution in [0.1, 0.15) is 12.8 Å². The van der Waals surface area contributed by atoms with Crippen molar-refractivity contribution in [3.05, 3.63) is 23.2 Å². The van der Waals surface area contributed by atoms with Gasteiger partial charge in [-0.2, -0.15) is 0 Å². The summed E-state index contributed by atoms with van der Waals surface area (Å²) in [4.78, 5) is 11.9. The van der Waals surface area contributed by atoms with Crippen LogP contribution in [0.15, 0.2) is 23.1 Å². The van der Waals surface area contributed by atoms with Crippen LogP contribution in [0.4, 0.5) is 5.69 Å². The molecule has 0 heterocycles. The normalized spacial score (nSPS) is 17.1. The molecule has 1 fully saturated rings. The first kappa shape index (κ1) is 11.6. The topological polar surface area (TPSA) is 63.3 Å². The van der Waals surface area contributed by atoms with Gasteiger partial charge in [0.2, 0.25) is 0 Å². The van der Waals surface area contributed by atoms with E-state index in [4.69, 9.17) is 22.4 Å². The average Bonchev–Trinajstić information content (AvgIpc) is 2.99. The highest BCUT2D eigenvalue weighted by Crippen LogP contribution is 2.43. The van der Waals surface area contributed by atoms with Crippen LogP contribution in [0.2, 0.25) is 5.02 Å². The highest BCUT2D eigenvalue weighted by molar-refractivity contribution is 8.00. The van der Waals surface area contributed by atoms with Crippen LogP contribution >= 0.6 is 23.4 Å². The van der Waals surface area contributed by atoms with Crippen LogP contribution in [0.5, 0.6) is 0 Å². The average molecular weight is 258 g/mol. The molecular formula is C11H12ClNO2S. The van der Waals surface area contributed by atoms with E-state index in [9.17, 15) is 4.79 Å². The van der Waals surface area contributed by atoms with E-state index in [0.29, 0.717) is 10.7 Å². The second-order valence-corrected chi connectivity index (χ2v) is 5.49. The van der Waals surface area contributed by atoms with Crippen LogP contribution in [0.25, 0.3) is 0 Å². The number of nitrogens with two attached hydrogens (primary N) is 1. The Balaban J connectivity index is 2.15. The van der Waals surface area contributed by atoms with E-state index in [0.717, 1.165) is 17.7 Å². The van der Waals surface area contributed by atoms with Gasteiger partial charge in [-0.05, 0) is 37.0 Å². The third-order valence-electron chi connectivity index (χ3n) is 2.50. The minimum Gasteiger partial charge on any atom is -0.480 e. The second kappa shape index (κ2) is 4.55. The van der Waals surface area contributed by atoms with Gasteiger partial charge in [0, 0.05) is 10.6 Å². The maximum Gasteiger partial charge on any atom is 0.317 e. The molecule has 2 rings (SSSR count). The maximum atomic E-state index is 11.1. The Morgan fingerprint density at radius 2 is 2.25 bits per heavy atom. The molecule has 86 valence electrons. The van der Waals surface area contributed by atoms with E-state index in [1.165, 1.54) is 11.8 Å². The van der Waals surface area contributed by atoms with Gasteiger partial charge in [0.15, 0.2) is 0 Å². The van der Waals surface area contributed by atoms with Gasteiger partial charge in [0.25, 0.3) is 0 Å². The SMILES string of the molecule is Nc1ccc(SC(C(=O)O)C2CC2)c(Cl)c1. The van der Waals surface area contributed by atoms with E-state index in [1.54, 1.807) is 18.2 Å². The summed E-state index contributed by atoms with van der Waals surface area (Å²) in [5.41, 5.74) is 6.17. The number of aliphatic carboxylic acids is 1. The molecule has 0 amide bonds. The molecule has 5 heteroatoms. The molecule has 1 aliphatic carbocycles. The van der Waals surface area contributed by atoms with Gasteiger partial charge in [-0.15, -0.1) is 11.8 Å². The summed E-state index contributed by atoms with van der Waals surface area (Å²) in [6, 6.07) is 5.16. The minimum absolute atomic E-state index is 0.288. The number of carboxylic acid groups (broad SMARTS) is 1. The van der Waals surface area contributed by atoms with Crippen molar-refractivity contribution in [2.45, 2.75) is 23.0 Å². The number of rotatable bonds is 4. The van der Waals surface area contributed by atoms with Crippen molar-refractivity contribution in [1.82, 2.24) is 0 Å². The Morgan fingerprint density at radius 3 is 2.75 bits per heavy atom. The summed E-state index contributed by atoms with van der Waals surface area (Å²) in [7, 11) is 0. The van der Waals surface area contributed by atoms with E-state index in [2.05, 4.69) is 0 Å². The number of anilines is 1.